The molecule has 1 heterocycles. The van der Waals surface area contributed by atoms with E-state index in [0.717, 1.165) is 27.5 Å². The SMILES string of the molecule is Cc1cc(Cl)ccc1-n1cncc1C(N)c1ccccc1. The number of nitrogens with two attached hydrogens (primary N) is 1. The zero-order chi connectivity index (χ0) is 14.8. The van der Waals surface area contributed by atoms with Crippen molar-refractivity contribution < 1.29 is 0 Å². The lowest BCUT2D eigenvalue weighted by Crippen LogP contribution is -2.16. The molecule has 1 aromatic heterocycles. The van der Waals surface area contributed by atoms with Crippen molar-refractivity contribution in [3.8, 4) is 5.69 Å². The average molecular weight is 298 g/mol. The van der Waals surface area contributed by atoms with Crippen LogP contribution in [0, 0.1) is 6.92 Å². The summed E-state index contributed by atoms with van der Waals surface area (Å²) in [6.07, 6.45) is 3.60. The number of benzene rings is 2. The highest BCUT2D eigenvalue weighted by Crippen LogP contribution is 2.25. The van der Waals surface area contributed by atoms with E-state index in [2.05, 4.69) is 4.98 Å². The van der Waals surface area contributed by atoms with Crippen LogP contribution >= 0.6 is 11.6 Å². The van der Waals surface area contributed by atoms with Crippen LogP contribution in [0.15, 0.2) is 61.1 Å². The smallest absolute Gasteiger partial charge is 0.0994 e. The Labute approximate surface area is 129 Å². The van der Waals surface area contributed by atoms with Crippen molar-refractivity contribution in [2.75, 3.05) is 0 Å². The monoisotopic (exact) mass is 297 g/mol. The van der Waals surface area contributed by atoms with Gasteiger partial charge in [-0.3, -0.25) is 0 Å². The van der Waals surface area contributed by atoms with E-state index >= 15 is 0 Å². The van der Waals surface area contributed by atoms with Gasteiger partial charge >= 0.3 is 0 Å². The fourth-order valence-electron chi connectivity index (χ4n) is 2.46. The number of halogens is 1. The molecule has 0 saturated carbocycles. The van der Waals surface area contributed by atoms with Crippen LogP contribution < -0.4 is 5.73 Å². The Hall–Kier alpha value is -2.10. The summed E-state index contributed by atoms with van der Waals surface area (Å²) in [4.78, 5) is 4.26. The molecule has 0 aliphatic heterocycles. The zero-order valence-corrected chi connectivity index (χ0v) is 12.5. The molecule has 3 aromatic rings. The fourth-order valence-corrected chi connectivity index (χ4v) is 2.68. The second kappa shape index (κ2) is 5.72. The van der Waals surface area contributed by atoms with Crippen LogP contribution in [0.25, 0.3) is 5.69 Å². The lowest BCUT2D eigenvalue weighted by atomic mass is 10.0. The Morgan fingerprint density at radius 2 is 1.90 bits per heavy atom. The van der Waals surface area contributed by atoms with E-state index in [1.807, 2.05) is 66.2 Å². The first-order valence-corrected chi connectivity index (χ1v) is 7.14. The van der Waals surface area contributed by atoms with Crippen LogP contribution in [-0.2, 0) is 0 Å². The first-order valence-electron chi connectivity index (χ1n) is 6.76. The molecule has 0 fully saturated rings. The number of imidazole rings is 1. The molecule has 0 bridgehead atoms. The van der Waals surface area contributed by atoms with Crippen molar-refractivity contribution in [3.05, 3.63) is 82.9 Å². The highest BCUT2D eigenvalue weighted by Gasteiger charge is 2.15. The van der Waals surface area contributed by atoms with Gasteiger partial charge < -0.3 is 10.3 Å². The van der Waals surface area contributed by atoms with Crippen molar-refractivity contribution in [1.29, 1.82) is 0 Å². The molecule has 3 nitrogen and oxygen atoms in total. The Morgan fingerprint density at radius 3 is 2.62 bits per heavy atom. The van der Waals surface area contributed by atoms with E-state index in [1.54, 1.807) is 6.33 Å². The van der Waals surface area contributed by atoms with E-state index in [1.165, 1.54) is 0 Å². The maximum absolute atomic E-state index is 6.39. The minimum absolute atomic E-state index is 0.219. The molecule has 1 unspecified atom stereocenters. The van der Waals surface area contributed by atoms with Gasteiger partial charge in [0.25, 0.3) is 0 Å². The molecular formula is C17H16ClN3. The molecule has 21 heavy (non-hydrogen) atoms. The Bertz CT molecular complexity index is 750. The van der Waals surface area contributed by atoms with Crippen LogP contribution in [0.4, 0.5) is 0 Å². The molecule has 3 rings (SSSR count). The van der Waals surface area contributed by atoms with Gasteiger partial charge in [0, 0.05) is 10.7 Å². The highest BCUT2D eigenvalue weighted by atomic mass is 35.5. The molecule has 2 aromatic carbocycles. The van der Waals surface area contributed by atoms with Gasteiger partial charge in [-0.15, -0.1) is 0 Å². The third-order valence-corrected chi connectivity index (χ3v) is 3.80. The molecule has 0 radical (unpaired) electrons. The van der Waals surface area contributed by atoms with Crippen molar-refractivity contribution in [3.63, 3.8) is 0 Å². The third kappa shape index (κ3) is 2.71. The molecule has 0 aliphatic carbocycles. The summed E-state index contributed by atoms with van der Waals surface area (Å²) in [5, 5.41) is 0.727. The first-order chi connectivity index (χ1) is 10.2. The van der Waals surface area contributed by atoms with Gasteiger partial charge in [0.2, 0.25) is 0 Å². The topological polar surface area (TPSA) is 43.8 Å². The lowest BCUT2D eigenvalue weighted by molar-refractivity contribution is 0.791. The Kier molecular flexibility index (Phi) is 3.78. The van der Waals surface area contributed by atoms with Crippen LogP contribution in [0.1, 0.15) is 22.9 Å². The molecule has 0 amide bonds. The van der Waals surface area contributed by atoms with E-state index in [-0.39, 0.29) is 6.04 Å². The van der Waals surface area contributed by atoms with Gasteiger partial charge in [0.1, 0.15) is 0 Å². The maximum atomic E-state index is 6.39. The lowest BCUT2D eigenvalue weighted by Gasteiger charge is -2.16. The van der Waals surface area contributed by atoms with Gasteiger partial charge in [-0.1, -0.05) is 41.9 Å². The van der Waals surface area contributed by atoms with Gasteiger partial charge in [-0.25, -0.2) is 4.98 Å². The van der Waals surface area contributed by atoms with Crippen molar-refractivity contribution in [1.82, 2.24) is 9.55 Å². The number of hydrogen-bond donors (Lipinski definition) is 1. The summed E-state index contributed by atoms with van der Waals surface area (Å²) in [7, 11) is 0. The standard InChI is InChI=1S/C17H16ClN3/c1-12-9-14(18)7-8-15(12)21-11-20-10-16(21)17(19)13-5-3-2-4-6-13/h2-11,17H,19H2,1H3. The summed E-state index contributed by atoms with van der Waals surface area (Å²) >= 11 is 6.03. The predicted molar refractivity (Wildman–Crippen MR) is 85.8 cm³/mol. The number of hydrogen-bond acceptors (Lipinski definition) is 2. The number of aromatic nitrogens is 2. The summed E-state index contributed by atoms with van der Waals surface area (Å²) in [5.41, 5.74) is 10.5. The molecule has 2 N–H and O–H groups in total. The molecule has 0 saturated heterocycles. The third-order valence-electron chi connectivity index (χ3n) is 3.56. The van der Waals surface area contributed by atoms with Gasteiger partial charge in [0.05, 0.1) is 24.3 Å². The quantitative estimate of drug-likeness (QED) is 0.797. The van der Waals surface area contributed by atoms with E-state index in [4.69, 9.17) is 17.3 Å². The van der Waals surface area contributed by atoms with Crippen LogP contribution in [0.2, 0.25) is 5.02 Å². The second-order valence-electron chi connectivity index (χ2n) is 5.01. The van der Waals surface area contributed by atoms with Crippen LogP contribution in [0.5, 0.6) is 0 Å². The minimum atomic E-state index is -0.219. The zero-order valence-electron chi connectivity index (χ0n) is 11.7. The molecule has 0 spiro atoms. The molecule has 0 aliphatic rings. The number of aryl methyl sites for hydroxylation is 1. The van der Waals surface area contributed by atoms with E-state index < -0.39 is 0 Å². The summed E-state index contributed by atoms with van der Waals surface area (Å²) in [6.45, 7) is 2.03. The Balaban J connectivity index is 2.05. The van der Waals surface area contributed by atoms with Crippen molar-refractivity contribution >= 4 is 11.6 Å². The van der Waals surface area contributed by atoms with Gasteiger partial charge in [-0.2, -0.15) is 0 Å². The summed E-state index contributed by atoms with van der Waals surface area (Å²) < 4.78 is 2.02. The molecule has 4 heteroatoms. The number of rotatable bonds is 3. The average Bonchev–Trinajstić information content (AvgIpc) is 2.96. The normalized spacial score (nSPS) is 12.3. The summed E-state index contributed by atoms with van der Waals surface area (Å²) in [5.74, 6) is 0. The molecule has 1 atom stereocenters. The minimum Gasteiger partial charge on any atom is -0.319 e. The maximum Gasteiger partial charge on any atom is 0.0994 e. The molecular weight excluding hydrogens is 282 g/mol. The van der Waals surface area contributed by atoms with E-state index in [0.29, 0.717) is 0 Å². The largest absolute Gasteiger partial charge is 0.319 e. The Morgan fingerprint density at radius 1 is 1.14 bits per heavy atom. The van der Waals surface area contributed by atoms with Gasteiger partial charge in [-0.05, 0) is 36.2 Å². The van der Waals surface area contributed by atoms with Gasteiger partial charge in [0.15, 0.2) is 0 Å². The second-order valence-corrected chi connectivity index (χ2v) is 5.44. The number of nitrogens with zero attached hydrogens (tertiary/aromatic N) is 2. The fraction of sp³-hybridized carbons (Fsp3) is 0.118. The summed E-state index contributed by atoms with van der Waals surface area (Å²) in [6, 6.07) is 15.6. The predicted octanol–water partition coefficient (Wildman–Crippen LogP) is 3.88. The van der Waals surface area contributed by atoms with Crippen LogP contribution in [0.3, 0.4) is 0 Å². The van der Waals surface area contributed by atoms with E-state index in [9.17, 15) is 0 Å². The first kappa shape index (κ1) is 13.9. The highest BCUT2D eigenvalue weighted by molar-refractivity contribution is 6.30. The van der Waals surface area contributed by atoms with Crippen molar-refractivity contribution in [2.45, 2.75) is 13.0 Å². The molecule has 106 valence electrons. The van der Waals surface area contributed by atoms with Crippen LogP contribution in [-0.4, -0.2) is 9.55 Å². The van der Waals surface area contributed by atoms with Crippen molar-refractivity contribution in [2.24, 2.45) is 5.73 Å².